The summed E-state index contributed by atoms with van der Waals surface area (Å²) >= 11 is 0. The van der Waals surface area contributed by atoms with Crippen LogP contribution in [0.2, 0.25) is 0 Å². The lowest BCUT2D eigenvalue weighted by Gasteiger charge is -2.17. The molecular weight excluding hydrogens is 248 g/mol. The first-order valence-electron chi connectivity index (χ1n) is 7.61. The number of benzene rings is 1. The van der Waals surface area contributed by atoms with Gasteiger partial charge in [0.25, 0.3) is 0 Å². The van der Waals surface area contributed by atoms with Crippen molar-refractivity contribution < 1.29 is 4.74 Å². The van der Waals surface area contributed by atoms with Crippen molar-refractivity contribution >= 4 is 0 Å². The third kappa shape index (κ3) is 4.54. The molecule has 1 aliphatic rings. The summed E-state index contributed by atoms with van der Waals surface area (Å²) in [4.78, 5) is 0. The first kappa shape index (κ1) is 14.9. The Bertz CT molecular complexity index is 453. The van der Waals surface area contributed by atoms with Gasteiger partial charge in [0, 0.05) is 19.0 Å². The molecule has 2 atom stereocenters. The quantitative estimate of drug-likeness (QED) is 0.771. The molecule has 0 aromatic heterocycles. The fourth-order valence-electron chi connectivity index (χ4n) is 2.78. The lowest BCUT2D eigenvalue weighted by molar-refractivity contribution is 0.312. The second kappa shape index (κ2) is 7.91. The van der Waals surface area contributed by atoms with Crippen LogP contribution in [0.25, 0.3) is 0 Å². The zero-order valence-corrected chi connectivity index (χ0v) is 12.3. The largest absolute Gasteiger partial charge is 0.494 e. The number of rotatable bonds is 7. The van der Waals surface area contributed by atoms with Gasteiger partial charge in [-0.3, -0.25) is 0 Å². The molecule has 2 rings (SSSR count). The van der Waals surface area contributed by atoms with E-state index < -0.39 is 0 Å². The Hall–Kier alpha value is -1.53. The summed E-state index contributed by atoms with van der Waals surface area (Å²) in [7, 11) is 0. The van der Waals surface area contributed by atoms with Crippen molar-refractivity contribution in [1.29, 1.82) is 5.26 Å². The topological polar surface area (TPSA) is 45.0 Å². The molecule has 3 heteroatoms. The van der Waals surface area contributed by atoms with Gasteiger partial charge in [-0.15, -0.1) is 0 Å². The highest BCUT2D eigenvalue weighted by Crippen LogP contribution is 2.25. The number of nitrogens with one attached hydrogen (secondary N) is 1. The molecule has 2 unspecified atom stereocenters. The van der Waals surface area contributed by atoms with Crippen molar-refractivity contribution in [3.63, 3.8) is 0 Å². The minimum Gasteiger partial charge on any atom is -0.494 e. The lowest BCUT2D eigenvalue weighted by Crippen LogP contribution is -2.30. The summed E-state index contributed by atoms with van der Waals surface area (Å²) in [5.74, 6) is 1.70. The van der Waals surface area contributed by atoms with Gasteiger partial charge < -0.3 is 10.1 Å². The maximum Gasteiger partial charge on any atom is 0.119 e. The highest BCUT2D eigenvalue weighted by molar-refractivity contribution is 5.28. The van der Waals surface area contributed by atoms with Gasteiger partial charge in [0.15, 0.2) is 0 Å². The molecule has 0 spiro atoms. The summed E-state index contributed by atoms with van der Waals surface area (Å²) in [6.07, 6.45) is 5.34. The van der Waals surface area contributed by atoms with Crippen LogP contribution in [0.1, 0.15) is 44.6 Å². The highest BCUT2D eigenvalue weighted by Gasteiger charge is 2.22. The predicted molar refractivity (Wildman–Crippen MR) is 80.4 cm³/mol. The van der Waals surface area contributed by atoms with Gasteiger partial charge >= 0.3 is 0 Å². The summed E-state index contributed by atoms with van der Waals surface area (Å²) in [5.41, 5.74) is 1.27. The first-order valence-corrected chi connectivity index (χ1v) is 7.61. The van der Waals surface area contributed by atoms with E-state index in [0.29, 0.717) is 19.1 Å². The van der Waals surface area contributed by atoms with E-state index in [1.165, 1.54) is 24.8 Å². The maximum absolute atomic E-state index is 8.49. The fraction of sp³-hybridized carbons (Fsp3) is 0.588. The second-order valence-electron chi connectivity index (χ2n) is 5.65. The Morgan fingerprint density at radius 2 is 2.30 bits per heavy atom. The molecular formula is C17H24N2O. The van der Waals surface area contributed by atoms with Crippen LogP contribution in [0.15, 0.2) is 24.3 Å². The molecule has 1 fully saturated rings. The minimum absolute atomic E-state index is 0.556. The Morgan fingerprint density at radius 3 is 3.05 bits per heavy atom. The standard InChI is InChI=1S/C17H24N2O/c1-14-6-4-9-17(14)19-13-15-7-5-8-16(12-15)20-11-3-2-10-18/h5,7-8,12,14,17,19H,2-4,6,9,11,13H2,1H3. The average Bonchev–Trinajstić information content (AvgIpc) is 2.87. The smallest absolute Gasteiger partial charge is 0.119 e. The molecule has 0 saturated heterocycles. The van der Waals surface area contributed by atoms with Gasteiger partial charge in [-0.2, -0.15) is 5.26 Å². The average molecular weight is 272 g/mol. The van der Waals surface area contributed by atoms with E-state index in [2.05, 4.69) is 30.4 Å². The number of unbranched alkanes of at least 4 members (excludes halogenated alkanes) is 1. The summed E-state index contributed by atoms with van der Waals surface area (Å²) in [6, 6.07) is 11.0. The molecule has 0 bridgehead atoms. The van der Waals surface area contributed by atoms with Gasteiger partial charge in [0.1, 0.15) is 5.75 Å². The number of ether oxygens (including phenoxy) is 1. The lowest BCUT2D eigenvalue weighted by atomic mass is 10.1. The van der Waals surface area contributed by atoms with Gasteiger partial charge in [-0.05, 0) is 42.9 Å². The van der Waals surface area contributed by atoms with Gasteiger partial charge in [-0.25, -0.2) is 0 Å². The molecule has 1 N–H and O–H groups in total. The molecule has 20 heavy (non-hydrogen) atoms. The third-order valence-corrected chi connectivity index (χ3v) is 4.03. The van der Waals surface area contributed by atoms with Crippen molar-refractivity contribution in [1.82, 2.24) is 5.32 Å². The van der Waals surface area contributed by atoms with Crippen LogP contribution in [-0.4, -0.2) is 12.6 Å². The zero-order chi connectivity index (χ0) is 14.2. The van der Waals surface area contributed by atoms with Gasteiger partial charge in [-0.1, -0.05) is 25.5 Å². The van der Waals surface area contributed by atoms with E-state index in [1.807, 2.05) is 12.1 Å². The molecule has 3 nitrogen and oxygen atoms in total. The van der Waals surface area contributed by atoms with E-state index in [0.717, 1.165) is 24.6 Å². The van der Waals surface area contributed by atoms with Crippen LogP contribution in [0.5, 0.6) is 5.75 Å². The highest BCUT2D eigenvalue weighted by atomic mass is 16.5. The summed E-state index contributed by atoms with van der Waals surface area (Å²) in [5, 5.41) is 12.1. The van der Waals surface area contributed by atoms with E-state index in [-0.39, 0.29) is 0 Å². The van der Waals surface area contributed by atoms with Gasteiger partial charge in [0.05, 0.1) is 12.7 Å². The first-order chi connectivity index (χ1) is 9.79. The molecule has 1 aliphatic carbocycles. The Balaban J connectivity index is 1.78. The normalized spacial score (nSPS) is 21.6. The maximum atomic E-state index is 8.49. The third-order valence-electron chi connectivity index (χ3n) is 4.03. The SMILES string of the molecule is CC1CCCC1NCc1cccc(OCCCC#N)c1. The Labute approximate surface area is 121 Å². The number of nitriles is 1. The van der Waals surface area contributed by atoms with Crippen molar-refractivity contribution in [2.24, 2.45) is 5.92 Å². The van der Waals surface area contributed by atoms with Crippen LogP contribution in [-0.2, 0) is 6.54 Å². The van der Waals surface area contributed by atoms with E-state index in [4.69, 9.17) is 10.00 Å². The summed E-state index contributed by atoms with van der Waals surface area (Å²) < 4.78 is 5.66. The molecule has 108 valence electrons. The van der Waals surface area contributed by atoms with Crippen LogP contribution < -0.4 is 10.1 Å². The molecule has 0 heterocycles. The molecule has 1 aromatic rings. The number of hydrogen-bond donors (Lipinski definition) is 1. The van der Waals surface area contributed by atoms with Crippen LogP contribution in [0, 0.1) is 17.2 Å². The Morgan fingerprint density at radius 1 is 1.40 bits per heavy atom. The molecule has 1 aromatic carbocycles. The van der Waals surface area contributed by atoms with E-state index in [9.17, 15) is 0 Å². The molecule has 0 aliphatic heterocycles. The second-order valence-corrected chi connectivity index (χ2v) is 5.65. The molecule has 1 saturated carbocycles. The van der Waals surface area contributed by atoms with Crippen molar-refractivity contribution in [3.8, 4) is 11.8 Å². The van der Waals surface area contributed by atoms with E-state index in [1.54, 1.807) is 0 Å². The van der Waals surface area contributed by atoms with Crippen LogP contribution >= 0.6 is 0 Å². The van der Waals surface area contributed by atoms with E-state index >= 15 is 0 Å². The van der Waals surface area contributed by atoms with Crippen molar-refractivity contribution in [2.45, 2.75) is 51.6 Å². The van der Waals surface area contributed by atoms with Gasteiger partial charge in [0.2, 0.25) is 0 Å². The summed E-state index contributed by atoms with van der Waals surface area (Å²) in [6.45, 7) is 3.86. The number of hydrogen-bond acceptors (Lipinski definition) is 3. The van der Waals surface area contributed by atoms with Crippen molar-refractivity contribution in [2.75, 3.05) is 6.61 Å². The zero-order valence-electron chi connectivity index (χ0n) is 12.3. The number of nitrogens with zero attached hydrogens (tertiary/aromatic N) is 1. The predicted octanol–water partition coefficient (Wildman–Crippen LogP) is 3.65. The monoisotopic (exact) mass is 272 g/mol. The Kier molecular flexibility index (Phi) is 5.88. The molecule has 0 radical (unpaired) electrons. The molecule has 0 amide bonds. The van der Waals surface area contributed by atoms with Crippen molar-refractivity contribution in [3.05, 3.63) is 29.8 Å². The fourth-order valence-corrected chi connectivity index (χ4v) is 2.78. The minimum atomic E-state index is 0.556. The van der Waals surface area contributed by atoms with Crippen LogP contribution in [0.3, 0.4) is 0 Å². The van der Waals surface area contributed by atoms with Crippen LogP contribution in [0.4, 0.5) is 0 Å².